The van der Waals surface area contributed by atoms with Crippen LogP contribution in [0.3, 0.4) is 0 Å². The SMILES string of the molecule is CC(C)NC1CCN(c2cccc(I)c2)C1. The van der Waals surface area contributed by atoms with Crippen LogP contribution in [0.2, 0.25) is 0 Å². The van der Waals surface area contributed by atoms with E-state index >= 15 is 0 Å². The van der Waals surface area contributed by atoms with Gasteiger partial charge in [0, 0.05) is 34.4 Å². The molecule has 0 aromatic heterocycles. The third-order valence-electron chi connectivity index (χ3n) is 2.93. The van der Waals surface area contributed by atoms with Gasteiger partial charge in [0.15, 0.2) is 0 Å². The van der Waals surface area contributed by atoms with Crippen LogP contribution in [0, 0.1) is 3.57 Å². The number of rotatable bonds is 3. The first kappa shape index (κ1) is 12.2. The number of halogens is 1. The summed E-state index contributed by atoms with van der Waals surface area (Å²) in [5.41, 5.74) is 1.36. The first-order valence-corrected chi connectivity index (χ1v) is 6.99. The lowest BCUT2D eigenvalue weighted by Gasteiger charge is -2.20. The second kappa shape index (κ2) is 5.36. The fraction of sp³-hybridized carbons (Fsp3) is 0.538. The van der Waals surface area contributed by atoms with Crippen molar-refractivity contribution in [3.05, 3.63) is 27.8 Å². The van der Waals surface area contributed by atoms with Gasteiger partial charge in [0.2, 0.25) is 0 Å². The summed E-state index contributed by atoms with van der Waals surface area (Å²) < 4.78 is 1.32. The zero-order valence-corrected chi connectivity index (χ0v) is 12.1. The molecule has 1 heterocycles. The molecule has 0 radical (unpaired) electrons. The zero-order valence-electron chi connectivity index (χ0n) is 9.91. The highest BCUT2D eigenvalue weighted by molar-refractivity contribution is 14.1. The van der Waals surface area contributed by atoms with Crippen molar-refractivity contribution >= 4 is 28.3 Å². The number of nitrogens with one attached hydrogen (secondary N) is 1. The highest BCUT2D eigenvalue weighted by Gasteiger charge is 2.22. The van der Waals surface area contributed by atoms with E-state index in [0.29, 0.717) is 12.1 Å². The Balaban J connectivity index is 1.98. The summed E-state index contributed by atoms with van der Waals surface area (Å²) >= 11 is 2.37. The van der Waals surface area contributed by atoms with Gasteiger partial charge in [-0.2, -0.15) is 0 Å². The molecule has 0 saturated carbocycles. The normalized spacial score (nSPS) is 20.8. The second-order valence-corrected chi connectivity index (χ2v) is 5.98. The van der Waals surface area contributed by atoms with E-state index < -0.39 is 0 Å². The summed E-state index contributed by atoms with van der Waals surface area (Å²) in [4.78, 5) is 2.47. The largest absolute Gasteiger partial charge is 0.370 e. The molecule has 0 bridgehead atoms. The number of benzene rings is 1. The van der Waals surface area contributed by atoms with Crippen LogP contribution in [0.5, 0.6) is 0 Å². The second-order valence-electron chi connectivity index (χ2n) is 4.73. The first-order chi connectivity index (χ1) is 7.65. The van der Waals surface area contributed by atoms with Crippen molar-refractivity contribution in [3.8, 4) is 0 Å². The van der Waals surface area contributed by atoms with E-state index in [9.17, 15) is 0 Å². The number of anilines is 1. The molecule has 0 aliphatic carbocycles. The predicted molar refractivity (Wildman–Crippen MR) is 78.0 cm³/mol. The summed E-state index contributed by atoms with van der Waals surface area (Å²) in [6, 6.07) is 9.99. The molecule has 1 aromatic carbocycles. The van der Waals surface area contributed by atoms with Gasteiger partial charge in [-0.15, -0.1) is 0 Å². The molecular formula is C13H19IN2. The van der Waals surface area contributed by atoms with E-state index in [1.54, 1.807) is 0 Å². The predicted octanol–water partition coefficient (Wildman–Crippen LogP) is 2.87. The van der Waals surface area contributed by atoms with E-state index in [1.165, 1.54) is 22.2 Å². The minimum absolute atomic E-state index is 0.584. The Hall–Kier alpha value is -0.290. The Labute approximate surface area is 112 Å². The van der Waals surface area contributed by atoms with Crippen molar-refractivity contribution in [1.29, 1.82) is 0 Å². The topological polar surface area (TPSA) is 15.3 Å². The summed E-state index contributed by atoms with van der Waals surface area (Å²) in [5, 5.41) is 3.61. The monoisotopic (exact) mass is 330 g/mol. The van der Waals surface area contributed by atoms with Crippen molar-refractivity contribution in [3.63, 3.8) is 0 Å². The minimum atomic E-state index is 0.584. The van der Waals surface area contributed by atoms with Gasteiger partial charge in [0.1, 0.15) is 0 Å². The first-order valence-electron chi connectivity index (χ1n) is 5.91. The molecule has 1 aliphatic heterocycles. The van der Waals surface area contributed by atoms with Gasteiger partial charge in [-0.1, -0.05) is 19.9 Å². The Morgan fingerprint density at radius 3 is 2.94 bits per heavy atom. The van der Waals surface area contributed by atoms with Crippen LogP contribution in [-0.2, 0) is 0 Å². The van der Waals surface area contributed by atoms with Gasteiger partial charge in [-0.05, 0) is 47.2 Å². The van der Waals surface area contributed by atoms with Crippen LogP contribution in [-0.4, -0.2) is 25.2 Å². The molecule has 1 fully saturated rings. The number of hydrogen-bond donors (Lipinski definition) is 1. The fourth-order valence-electron chi connectivity index (χ4n) is 2.28. The van der Waals surface area contributed by atoms with Crippen molar-refractivity contribution in [1.82, 2.24) is 5.32 Å². The highest BCUT2D eigenvalue weighted by atomic mass is 127. The molecule has 0 spiro atoms. The molecule has 1 aliphatic rings. The smallest absolute Gasteiger partial charge is 0.0377 e. The van der Waals surface area contributed by atoms with Gasteiger partial charge in [-0.25, -0.2) is 0 Å². The molecule has 2 rings (SSSR count). The summed E-state index contributed by atoms with van der Waals surface area (Å²) in [5.74, 6) is 0. The lowest BCUT2D eigenvalue weighted by atomic mass is 10.2. The standard InChI is InChI=1S/C13H19IN2/c1-10(2)15-12-6-7-16(9-12)13-5-3-4-11(14)8-13/h3-5,8,10,12,15H,6-7,9H2,1-2H3. The van der Waals surface area contributed by atoms with E-state index in [-0.39, 0.29) is 0 Å². The van der Waals surface area contributed by atoms with Crippen LogP contribution in [0.25, 0.3) is 0 Å². The average molecular weight is 330 g/mol. The Kier molecular flexibility index (Phi) is 4.08. The molecule has 3 heteroatoms. The quantitative estimate of drug-likeness (QED) is 0.858. The van der Waals surface area contributed by atoms with Crippen LogP contribution >= 0.6 is 22.6 Å². The van der Waals surface area contributed by atoms with Gasteiger partial charge in [-0.3, -0.25) is 0 Å². The summed E-state index contributed by atoms with van der Waals surface area (Å²) in [6.45, 7) is 6.74. The van der Waals surface area contributed by atoms with Gasteiger partial charge in [0.05, 0.1) is 0 Å². The van der Waals surface area contributed by atoms with Crippen molar-refractivity contribution in [2.24, 2.45) is 0 Å². The Morgan fingerprint density at radius 1 is 1.44 bits per heavy atom. The molecule has 1 aromatic rings. The third-order valence-corrected chi connectivity index (χ3v) is 3.60. The Bertz CT molecular complexity index is 352. The zero-order chi connectivity index (χ0) is 11.5. The van der Waals surface area contributed by atoms with E-state index in [4.69, 9.17) is 0 Å². The molecule has 1 N–H and O–H groups in total. The summed E-state index contributed by atoms with van der Waals surface area (Å²) in [6.07, 6.45) is 1.25. The van der Waals surface area contributed by atoms with Crippen LogP contribution in [0.1, 0.15) is 20.3 Å². The van der Waals surface area contributed by atoms with Crippen LogP contribution in [0.4, 0.5) is 5.69 Å². The Morgan fingerprint density at radius 2 is 2.25 bits per heavy atom. The number of nitrogens with zero attached hydrogens (tertiary/aromatic N) is 1. The van der Waals surface area contributed by atoms with Gasteiger partial charge < -0.3 is 10.2 Å². The van der Waals surface area contributed by atoms with E-state index in [1.807, 2.05) is 0 Å². The van der Waals surface area contributed by atoms with E-state index in [0.717, 1.165) is 6.54 Å². The van der Waals surface area contributed by atoms with Crippen LogP contribution < -0.4 is 10.2 Å². The van der Waals surface area contributed by atoms with Crippen molar-refractivity contribution in [2.75, 3.05) is 18.0 Å². The lowest BCUT2D eigenvalue weighted by Crippen LogP contribution is -2.37. The number of hydrogen-bond acceptors (Lipinski definition) is 2. The van der Waals surface area contributed by atoms with E-state index in [2.05, 4.69) is 70.9 Å². The van der Waals surface area contributed by atoms with Crippen LogP contribution in [0.15, 0.2) is 24.3 Å². The summed E-state index contributed by atoms with van der Waals surface area (Å²) in [7, 11) is 0. The molecule has 1 unspecified atom stereocenters. The van der Waals surface area contributed by atoms with Crippen molar-refractivity contribution in [2.45, 2.75) is 32.4 Å². The molecule has 1 saturated heterocycles. The third kappa shape index (κ3) is 3.10. The van der Waals surface area contributed by atoms with Gasteiger partial charge in [0.25, 0.3) is 0 Å². The van der Waals surface area contributed by atoms with Crippen molar-refractivity contribution < 1.29 is 0 Å². The maximum atomic E-state index is 3.61. The minimum Gasteiger partial charge on any atom is -0.370 e. The fourth-order valence-corrected chi connectivity index (χ4v) is 2.80. The molecule has 16 heavy (non-hydrogen) atoms. The average Bonchev–Trinajstić information content (AvgIpc) is 2.65. The lowest BCUT2D eigenvalue weighted by molar-refractivity contribution is 0.492. The maximum Gasteiger partial charge on any atom is 0.0377 e. The van der Waals surface area contributed by atoms with Gasteiger partial charge >= 0.3 is 0 Å². The molecule has 88 valence electrons. The highest BCUT2D eigenvalue weighted by Crippen LogP contribution is 2.22. The molecule has 0 amide bonds. The molecule has 1 atom stereocenters. The maximum absolute atomic E-state index is 3.61. The molecule has 2 nitrogen and oxygen atoms in total. The molecular weight excluding hydrogens is 311 g/mol.